The standard InChI is InChI=1S/C13H12F3NO2S/c14-13(15,16)9-1-4-12(17-7-9)8-5-10-2-3-11(6-8)20(10,18)19/h1,4-5,7,10-11H,2-3,6H2. The van der Waals surface area contributed by atoms with Crippen molar-refractivity contribution < 1.29 is 21.6 Å². The predicted octanol–water partition coefficient (Wildman–Crippen LogP) is 2.83. The van der Waals surface area contributed by atoms with Gasteiger partial charge >= 0.3 is 6.18 Å². The molecular weight excluding hydrogens is 291 g/mol. The fraction of sp³-hybridized carbons (Fsp3) is 0.462. The van der Waals surface area contributed by atoms with Gasteiger partial charge in [-0.15, -0.1) is 0 Å². The van der Waals surface area contributed by atoms with Gasteiger partial charge in [-0.1, -0.05) is 6.08 Å². The monoisotopic (exact) mass is 303 g/mol. The molecule has 2 bridgehead atoms. The third-order valence-electron chi connectivity index (χ3n) is 3.91. The molecule has 1 fully saturated rings. The van der Waals surface area contributed by atoms with Gasteiger partial charge in [0.1, 0.15) is 0 Å². The summed E-state index contributed by atoms with van der Waals surface area (Å²) in [6, 6.07) is 2.29. The number of allylic oxidation sites excluding steroid dienone is 1. The fourth-order valence-corrected chi connectivity index (χ4v) is 4.99. The number of sulfone groups is 1. The molecule has 0 radical (unpaired) electrons. The van der Waals surface area contributed by atoms with Crippen LogP contribution in [0.5, 0.6) is 0 Å². The number of pyridine rings is 1. The average molecular weight is 303 g/mol. The molecule has 20 heavy (non-hydrogen) atoms. The lowest BCUT2D eigenvalue weighted by Crippen LogP contribution is -2.26. The minimum absolute atomic E-state index is 0.344. The molecule has 7 heteroatoms. The summed E-state index contributed by atoms with van der Waals surface area (Å²) in [6.45, 7) is 0. The van der Waals surface area contributed by atoms with Gasteiger partial charge in [-0.05, 0) is 37.0 Å². The largest absolute Gasteiger partial charge is 0.417 e. The lowest BCUT2D eigenvalue weighted by Gasteiger charge is -2.20. The van der Waals surface area contributed by atoms with E-state index in [2.05, 4.69) is 4.98 Å². The molecule has 1 saturated heterocycles. The first-order chi connectivity index (χ1) is 9.28. The molecule has 1 aromatic heterocycles. The van der Waals surface area contributed by atoms with Crippen molar-refractivity contribution in [3.8, 4) is 0 Å². The minimum atomic E-state index is -4.41. The van der Waals surface area contributed by atoms with Crippen LogP contribution < -0.4 is 0 Å². The molecule has 2 aliphatic heterocycles. The second kappa shape index (κ2) is 4.31. The van der Waals surface area contributed by atoms with Gasteiger partial charge < -0.3 is 0 Å². The number of hydrogen-bond donors (Lipinski definition) is 0. The van der Waals surface area contributed by atoms with Crippen molar-refractivity contribution in [2.75, 3.05) is 0 Å². The number of aromatic nitrogens is 1. The Morgan fingerprint density at radius 1 is 1.20 bits per heavy atom. The molecule has 0 aromatic carbocycles. The van der Waals surface area contributed by atoms with Crippen LogP contribution in [0.25, 0.3) is 5.57 Å². The number of fused-ring (bicyclic) bond motifs is 2. The molecule has 3 nitrogen and oxygen atoms in total. The van der Waals surface area contributed by atoms with Crippen molar-refractivity contribution in [2.45, 2.75) is 35.9 Å². The zero-order chi connectivity index (χ0) is 14.5. The van der Waals surface area contributed by atoms with Crippen LogP contribution in [0.15, 0.2) is 24.4 Å². The van der Waals surface area contributed by atoms with Crippen molar-refractivity contribution in [2.24, 2.45) is 0 Å². The van der Waals surface area contributed by atoms with Gasteiger partial charge in [0.15, 0.2) is 9.84 Å². The first-order valence-corrected chi connectivity index (χ1v) is 7.86. The smallest absolute Gasteiger partial charge is 0.256 e. The summed E-state index contributed by atoms with van der Waals surface area (Å²) in [4.78, 5) is 3.83. The molecule has 0 amide bonds. The molecule has 0 spiro atoms. The highest BCUT2D eigenvalue weighted by molar-refractivity contribution is 7.93. The summed E-state index contributed by atoms with van der Waals surface area (Å²) < 4.78 is 61.2. The maximum atomic E-state index is 12.5. The van der Waals surface area contributed by atoms with Gasteiger partial charge in [-0.3, -0.25) is 4.98 Å². The predicted molar refractivity (Wildman–Crippen MR) is 67.6 cm³/mol. The van der Waals surface area contributed by atoms with E-state index in [9.17, 15) is 21.6 Å². The van der Waals surface area contributed by atoms with Crippen LogP contribution in [0.4, 0.5) is 13.2 Å². The summed E-state index contributed by atoms with van der Waals surface area (Å²) in [7, 11) is -3.09. The minimum Gasteiger partial charge on any atom is -0.256 e. The van der Waals surface area contributed by atoms with Crippen LogP contribution in [-0.4, -0.2) is 23.9 Å². The Kier molecular flexibility index (Phi) is 2.93. The van der Waals surface area contributed by atoms with Crippen molar-refractivity contribution in [3.63, 3.8) is 0 Å². The van der Waals surface area contributed by atoms with E-state index in [-0.39, 0.29) is 0 Å². The van der Waals surface area contributed by atoms with Crippen LogP contribution in [0.2, 0.25) is 0 Å². The molecule has 3 heterocycles. The molecule has 2 atom stereocenters. The molecule has 2 aliphatic rings. The van der Waals surface area contributed by atoms with Crippen LogP contribution in [0.3, 0.4) is 0 Å². The zero-order valence-electron chi connectivity index (χ0n) is 10.4. The lowest BCUT2D eigenvalue weighted by atomic mass is 10.1. The van der Waals surface area contributed by atoms with Gasteiger partial charge in [0.25, 0.3) is 0 Å². The Balaban J connectivity index is 1.92. The van der Waals surface area contributed by atoms with Gasteiger partial charge in [-0.2, -0.15) is 13.2 Å². The Hall–Kier alpha value is -1.37. The molecule has 0 aliphatic carbocycles. The van der Waals surface area contributed by atoms with E-state index in [1.54, 1.807) is 6.08 Å². The number of nitrogens with zero attached hydrogens (tertiary/aromatic N) is 1. The first kappa shape index (κ1) is 13.6. The van der Waals surface area contributed by atoms with Crippen molar-refractivity contribution in [1.29, 1.82) is 0 Å². The van der Waals surface area contributed by atoms with Gasteiger partial charge in [0.05, 0.1) is 21.8 Å². The van der Waals surface area contributed by atoms with Gasteiger partial charge in [0.2, 0.25) is 0 Å². The van der Waals surface area contributed by atoms with E-state index >= 15 is 0 Å². The second-order valence-electron chi connectivity index (χ2n) is 5.15. The first-order valence-electron chi connectivity index (χ1n) is 6.25. The lowest BCUT2D eigenvalue weighted by molar-refractivity contribution is -0.137. The van der Waals surface area contributed by atoms with E-state index in [1.165, 1.54) is 6.07 Å². The molecular formula is C13H12F3NO2S. The topological polar surface area (TPSA) is 47.0 Å². The van der Waals surface area contributed by atoms with E-state index in [1.807, 2.05) is 0 Å². The summed E-state index contributed by atoms with van der Waals surface area (Å²) in [5.41, 5.74) is 0.374. The van der Waals surface area contributed by atoms with Crippen molar-refractivity contribution in [1.82, 2.24) is 4.98 Å². The number of alkyl halides is 3. The average Bonchev–Trinajstić information content (AvgIpc) is 2.57. The normalized spacial score (nSPS) is 28.2. The molecule has 2 unspecified atom stereocenters. The Labute approximate surface area is 114 Å². The maximum Gasteiger partial charge on any atom is 0.417 e. The molecule has 0 N–H and O–H groups in total. The Morgan fingerprint density at radius 3 is 2.50 bits per heavy atom. The number of hydrogen-bond acceptors (Lipinski definition) is 3. The van der Waals surface area contributed by atoms with E-state index in [0.717, 1.165) is 17.8 Å². The maximum absolute atomic E-state index is 12.5. The summed E-state index contributed by atoms with van der Waals surface area (Å²) in [5.74, 6) is 0. The van der Waals surface area contributed by atoms with E-state index < -0.39 is 32.1 Å². The van der Waals surface area contributed by atoms with E-state index in [4.69, 9.17) is 0 Å². The van der Waals surface area contributed by atoms with Crippen LogP contribution in [0, 0.1) is 0 Å². The second-order valence-corrected chi connectivity index (χ2v) is 7.60. The summed E-state index contributed by atoms with van der Waals surface area (Å²) in [5, 5.41) is -0.906. The van der Waals surface area contributed by atoms with Crippen molar-refractivity contribution in [3.05, 3.63) is 35.7 Å². The molecule has 0 saturated carbocycles. The van der Waals surface area contributed by atoms with E-state index in [0.29, 0.717) is 25.0 Å². The zero-order valence-corrected chi connectivity index (χ0v) is 11.2. The third-order valence-corrected chi connectivity index (χ3v) is 6.46. The van der Waals surface area contributed by atoms with Crippen LogP contribution in [0.1, 0.15) is 30.5 Å². The summed E-state index contributed by atoms with van der Waals surface area (Å²) >= 11 is 0. The SMILES string of the molecule is O=S1(=O)C2C=C(c3ccc(C(F)(F)F)cn3)CC1CC2. The third kappa shape index (κ3) is 2.13. The highest BCUT2D eigenvalue weighted by atomic mass is 32.2. The van der Waals surface area contributed by atoms with Gasteiger partial charge in [0, 0.05) is 6.20 Å². The molecule has 1 aromatic rings. The fourth-order valence-electron chi connectivity index (χ4n) is 2.80. The molecule has 108 valence electrons. The quantitative estimate of drug-likeness (QED) is 0.801. The van der Waals surface area contributed by atoms with Crippen LogP contribution in [-0.2, 0) is 16.0 Å². The molecule has 3 rings (SSSR count). The highest BCUT2D eigenvalue weighted by Crippen LogP contribution is 2.40. The Morgan fingerprint density at radius 2 is 1.95 bits per heavy atom. The number of halogens is 3. The van der Waals surface area contributed by atoms with Crippen molar-refractivity contribution >= 4 is 15.4 Å². The highest BCUT2D eigenvalue weighted by Gasteiger charge is 2.43. The number of rotatable bonds is 1. The Bertz CT molecular complexity index is 662. The van der Waals surface area contributed by atoms with Gasteiger partial charge in [-0.25, -0.2) is 8.42 Å². The summed E-state index contributed by atoms with van der Waals surface area (Å²) in [6.07, 6.45) is -0.410. The van der Waals surface area contributed by atoms with Crippen LogP contribution >= 0.6 is 0 Å².